The highest BCUT2D eigenvalue weighted by molar-refractivity contribution is 5.94. The van der Waals surface area contributed by atoms with Crippen molar-refractivity contribution in [2.75, 3.05) is 11.4 Å². The van der Waals surface area contributed by atoms with Crippen molar-refractivity contribution in [3.8, 4) is 0 Å². The van der Waals surface area contributed by atoms with Crippen molar-refractivity contribution in [1.82, 2.24) is 9.97 Å². The van der Waals surface area contributed by atoms with Crippen LogP contribution in [0.15, 0.2) is 17.5 Å². The van der Waals surface area contributed by atoms with Gasteiger partial charge in [-0.15, -0.1) is 0 Å². The number of aromatic nitrogens is 2. The molecule has 19 heavy (non-hydrogen) atoms. The second-order valence-corrected chi connectivity index (χ2v) is 5.35. The minimum absolute atomic E-state index is 0.0146. The van der Waals surface area contributed by atoms with Crippen molar-refractivity contribution in [3.63, 3.8) is 0 Å². The Morgan fingerprint density at radius 1 is 1.47 bits per heavy atom. The molecule has 0 unspecified atom stereocenters. The van der Waals surface area contributed by atoms with Gasteiger partial charge in [-0.1, -0.05) is 19.0 Å². The predicted molar refractivity (Wildman–Crippen MR) is 74.4 cm³/mol. The van der Waals surface area contributed by atoms with E-state index in [1.54, 1.807) is 12.4 Å². The summed E-state index contributed by atoms with van der Waals surface area (Å²) in [6.45, 7) is 5.44. The molecule has 1 aromatic rings. The number of hydrogen-bond acceptors (Lipinski definition) is 5. The zero-order chi connectivity index (χ0) is 13.8. The molecule has 0 radical (unpaired) electrons. The molecule has 1 saturated carbocycles. The van der Waals surface area contributed by atoms with Gasteiger partial charge in [0.25, 0.3) is 0 Å². The van der Waals surface area contributed by atoms with E-state index >= 15 is 0 Å². The zero-order valence-electron chi connectivity index (χ0n) is 11.5. The van der Waals surface area contributed by atoms with Crippen molar-refractivity contribution in [2.45, 2.75) is 39.2 Å². The summed E-state index contributed by atoms with van der Waals surface area (Å²) in [5, 5.41) is 11.5. The maximum absolute atomic E-state index is 8.59. The van der Waals surface area contributed by atoms with Gasteiger partial charge in [0.15, 0.2) is 5.84 Å². The Hall–Kier alpha value is -1.85. The van der Waals surface area contributed by atoms with Crippen LogP contribution in [0.5, 0.6) is 0 Å². The van der Waals surface area contributed by atoms with Crippen LogP contribution in [0.4, 0.5) is 5.82 Å². The average Bonchev–Trinajstić information content (AvgIpc) is 3.23. The molecule has 0 aromatic carbocycles. The van der Waals surface area contributed by atoms with E-state index in [9.17, 15) is 0 Å². The molecule has 0 atom stereocenters. The van der Waals surface area contributed by atoms with Crippen molar-refractivity contribution < 1.29 is 5.21 Å². The van der Waals surface area contributed by atoms with Crippen LogP contribution in [0.3, 0.4) is 0 Å². The molecule has 6 nitrogen and oxygen atoms in total. The van der Waals surface area contributed by atoms with Crippen LogP contribution in [-0.2, 0) is 0 Å². The number of nitrogens with two attached hydrogens (primary N) is 1. The molecule has 2 rings (SSSR count). The van der Waals surface area contributed by atoms with E-state index < -0.39 is 0 Å². The smallest absolute Gasteiger partial charge is 0.190 e. The standard InChI is InChI=1S/C13H21N5O/c1-9(2)5-6-18(10-3-4-10)12-8-15-11(7-16-12)13(14)17-19/h7-10,19H,3-6H2,1-2H3,(H2,14,17). The number of amidine groups is 1. The molecule has 1 aliphatic carbocycles. The predicted octanol–water partition coefficient (Wildman–Crippen LogP) is 1.59. The van der Waals surface area contributed by atoms with Gasteiger partial charge in [0.1, 0.15) is 11.5 Å². The molecule has 0 bridgehead atoms. The van der Waals surface area contributed by atoms with Gasteiger partial charge in [0.2, 0.25) is 0 Å². The van der Waals surface area contributed by atoms with Crippen molar-refractivity contribution in [1.29, 1.82) is 0 Å². The molecule has 1 fully saturated rings. The van der Waals surface area contributed by atoms with Crippen LogP contribution in [0.1, 0.15) is 38.8 Å². The van der Waals surface area contributed by atoms with Crippen LogP contribution in [0.25, 0.3) is 0 Å². The fourth-order valence-electron chi connectivity index (χ4n) is 1.92. The van der Waals surface area contributed by atoms with Gasteiger partial charge < -0.3 is 15.8 Å². The summed E-state index contributed by atoms with van der Waals surface area (Å²) in [6.07, 6.45) is 6.84. The molecular formula is C13H21N5O. The molecule has 0 aliphatic heterocycles. The Labute approximate surface area is 113 Å². The molecule has 1 aromatic heterocycles. The number of hydrogen-bond donors (Lipinski definition) is 2. The van der Waals surface area contributed by atoms with E-state index in [1.807, 2.05) is 0 Å². The Bertz CT molecular complexity index is 439. The number of anilines is 1. The summed E-state index contributed by atoms with van der Waals surface area (Å²) in [6, 6.07) is 0.600. The SMILES string of the molecule is CC(C)CCN(c1cnc(C(N)=NO)cn1)C1CC1. The monoisotopic (exact) mass is 263 g/mol. The van der Waals surface area contributed by atoms with Crippen LogP contribution in [0.2, 0.25) is 0 Å². The molecule has 1 aliphatic rings. The van der Waals surface area contributed by atoms with Crippen LogP contribution in [-0.4, -0.2) is 33.6 Å². The van der Waals surface area contributed by atoms with Crippen molar-refractivity contribution >= 4 is 11.7 Å². The minimum Gasteiger partial charge on any atom is -0.409 e. The first-order valence-corrected chi connectivity index (χ1v) is 6.68. The Morgan fingerprint density at radius 3 is 2.68 bits per heavy atom. The Morgan fingerprint density at radius 2 is 2.21 bits per heavy atom. The number of oxime groups is 1. The highest BCUT2D eigenvalue weighted by atomic mass is 16.4. The van der Waals surface area contributed by atoms with E-state index in [0.717, 1.165) is 18.8 Å². The lowest BCUT2D eigenvalue weighted by Gasteiger charge is -2.24. The fourth-order valence-corrected chi connectivity index (χ4v) is 1.92. The van der Waals surface area contributed by atoms with Gasteiger partial charge in [0, 0.05) is 12.6 Å². The summed E-state index contributed by atoms with van der Waals surface area (Å²) < 4.78 is 0. The fraction of sp³-hybridized carbons (Fsp3) is 0.615. The summed E-state index contributed by atoms with van der Waals surface area (Å²) in [4.78, 5) is 10.9. The maximum Gasteiger partial charge on any atom is 0.190 e. The second kappa shape index (κ2) is 5.86. The van der Waals surface area contributed by atoms with Gasteiger partial charge in [-0.05, 0) is 25.2 Å². The molecule has 0 saturated heterocycles. The first-order chi connectivity index (χ1) is 9.11. The van der Waals surface area contributed by atoms with E-state index in [0.29, 0.717) is 17.7 Å². The average molecular weight is 263 g/mol. The van der Waals surface area contributed by atoms with Gasteiger partial charge >= 0.3 is 0 Å². The minimum atomic E-state index is -0.0146. The number of rotatable bonds is 6. The van der Waals surface area contributed by atoms with Gasteiger partial charge in [-0.3, -0.25) is 0 Å². The van der Waals surface area contributed by atoms with Crippen LogP contribution < -0.4 is 10.6 Å². The summed E-state index contributed by atoms with van der Waals surface area (Å²) >= 11 is 0. The lowest BCUT2D eigenvalue weighted by atomic mass is 10.1. The van der Waals surface area contributed by atoms with Crippen molar-refractivity contribution in [3.05, 3.63) is 18.1 Å². The molecule has 0 spiro atoms. The van der Waals surface area contributed by atoms with E-state index in [1.165, 1.54) is 12.8 Å². The largest absolute Gasteiger partial charge is 0.409 e. The second-order valence-electron chi connectivity index (χ2n) is 5.35. The van der Waals surface area contributed by atoms with Gasteiger partial charge in [-0.2, -0.15) is 0 Å². The van der Waals surface area contributed by atoms with Gasteiger partial charge in [0.05, 0.1) is 12.4 Å². The molecule has 1 heterocycles. The van der Waals surface area contributed by atoms with E-state index in [2.05, 4.69) is 33.9 Å². The maximum atomic E-state index is 8.59. The number of nitrogens with zero attached hydrogens (tertiary/aromatic N) is 4. The lowest BCUT2D eigenvalue weighted by molar-refractivity contribution is 0.318. The molecule has 0 amide bonds. The van der Waals surface area contributed by atoms with E-state index in [-0.39, 0.29) is 5.84 Å². The van der Waals surface area contributed by atoms with Crippen LogP contribution in [0, 0.1) is 5.92 Å². The molecular weight excluding hydrogens is 242 g/mol. The Balaban J connectivity index is 2.09. The quantitative estimate of drug-likeness (QED) is 0.352. The molecule has 6 heteroatoms. The third-order valence-electron chi connectivity index (χ3n) is 3.24. The first kappa shape index (κ1) is 13.6. The zero-order valence-corrected chi connectivity index (χ0v) is 11.5. The third kappa shape index (κ3) is 3.56. The normalized spacial score (nSPS) is 15.8. The van der Waals surface area contributed by atoms with Crippen LogP contribution >= 0.6 is 0 Å². The third-order valence-corrected chi connectivity index (χ3v) is 3.24. The highest BCUT2D eigenvalue weighted by Gasteiger charge is 2.30. The van der Waals surface area contributed by atoms with Crippen molar-refractivity contribution in [2.24, 2.45) is 16.8 Å². The van der Waals surface area contributed by atoms with Gasteiger partial charge in [-0.25, -0.2) is 9.97 Å². The van der Waals surface area contributed by atoms with E-state index in [4.69, 9.17) is 10.9 Å². The molecule has 3 N–H and O–H groups in total. The molecule has 104 valence electrons. The topological polar surface area (TPSA) is 87.6 Å². The highest BCUT2D eigenvalue weighted by Crippen LogP contribution is 2.30. The summed E-state index contributed by atoms with van der Waals surface area (Å²) in [5.74, 6) is 1.53. The summed E-state index contributed by atoms with van der Waals surface area (Å²) in [5.41, 5.74) is 5.87. The Kier molecular flexibility index (Phi) is 4.19. The summed E-state index contributed by atoms with van der Waals surface area (Å²) in [7, 11) is 0. The first-order valence-electron chi connectivity index (χ1n) is 6.68. The lowest BCUT2D eigenvalue weighted by Crippen LogP contribution is -2.29.